The summed E-state index contributed by atoms with van der Waals surface area (Å²) in [7, 11) is 2.20. The number of hydrogen-bond donors (Lipinski definition) is 0. The monoisotopic (exact) mass is 337 g/mol. The van der Waals surface area contributed by atoms with Crippen LogP contribution in [0.25, 0.3) is 0 Å². The van der Waals surface area contributed by atoms with Crippen molar-refractivity contribution in [2.75, 3.05) is 26.9 Å². The largest absolute Gasteiger partial charge is 1.00 e. The number of esters is 1. The fourth-order valence-corrected chi connectivity index (χ4v) is 4.09. The number of hydrogen-bond acceptors (Lipinski definition) is 2. The Balaban J connectivity index is 0.00000192. The summed E-state index contributed by atoms with van der Waals surface area (Å²) in [6, 6.07) is 10.2. The molecule has 3 rings (SSSR count). The van der Waals surface area contributed by atoms with E-state index < -0.39 is 0 Å². The Morgan fingerprint density at radius 1 is 1.13 bits per heavy atom. The number of carbonyl (C=O) groups excluding carboxylic acids is 1. The zero-order valence-corrected chi connectivity index (χ0v) is 14.8. The van der Waals surface area contributed by atoms with Gasteiger partial charge in [0.2, 0.25) is 6.73 Å². The molecule has 2 aliphatic rings. The summed E-state index contributed by atoms with van der Waals surface area (Å²) in [6.45, 7) is 2.80. The highest BCUT2D eigenvalue weighted by Crippen LogP contribution is 2.38. The number of rotatable bonds is 5. The van der Waals surface area contributed by atoms with Crippen molar-refractivity contribution in [2.45, 2.75) is 44.4 Å². The molecule has 1 aromatic rings. The Kier molecular flexibility index (Phi) is 6.49. The minimum Gasteiger partial charge on any atom is -1.00 e. The van der Waals surface area contributed by atoms with Crippen LogP contribution in [-0.2, 0) is 9.53 Å². The van der Waals surface area contributed by atoms with E-state index in [1.165, 1.54) is 25.7 Å². The molecule has 0 bridgehead atoms. The number of benzene rings is 1. The highest BCUT2D eigenvalue weighted by Gasteiger charge is 2.35. The first-order valence-corrected chi connectivity index (χ1v) is 8.73. The van der Waals surface area contributed by atoms with Crippen LogP contribution in [0.3, 0.4) is 0 Å². The third-order valence-corrected chi connectivity index (χ3v) is 5.45. The molecule has 0 spiro atoms. The van der Waals surface area contributed by atoms with Crippen molar-refractivity contribution >= 4 is 5.97 Å². The van der Waals surface area contributed by atoms with Crippen molar-refractivity contribution in [3.05, 3.63) is 35.9 Å². The minimum absolute atomic E-state index is 0. The second-order valence-corrected chi connectivity index (χ2v) is 7.30. The van der Waals surface area contributed by atoms with Crippen LogP contribution in [0.1, 0.15) is 50.0 Å². The van der Waals surface area contributed by atoms with Crippen LogP contribution < -0.4 is 12.4 Å². The molecule has 128 valence electrons. The van der Waals surface area contributed by atoms with Gasteiger partial charge in [-0.2, -0.15) is 0 Å². The quantitative estimate of drug-likeness (QED) is 0.584. The Morgan fingerprint density at radius 3 is 2.35 bits per heavy atom. The van der Waals surface area contributed by atoms with Crippen molar-refractivity contribution in [2.24, 2.45) is 5.92 Å². The van der Waals surface area contributed by atoms with Gasteiger partial charge in [0.05, 0.1) is 26.1 Å². The second kappa shape index (κ2) is 8.16. The molecule has 0 radical (unpaired) electrons. The molecule has 1 atom stereocenters. The third kappa shape index (κ3) is 4.48. The average molecular weight is 338 g/mol. The van der Waals surface area contributed by atoms with E-state index >= 15 is 0 Å². The SMILES string of the molecule is C[N+]1(COC(=O)C(c2ccccc2)C2CCCC2)CCCC1.[Cl-]. The molecule has 0 amide bonds. The first-order valence-electron chi connectivity index (χ1n) is 8.73. The molecule has 1 aliphatic heterocycles. The molecule has 1 saturated carbocycles. The van der Waals surface area contributed by atoms with Crippen LogP contribution in [0.15, 0.2) is 30.3 Å². The Morgan fingerprint density at radius 2 is 1.74 bits per heavy atom. The normalized spacial score (nSPS) is 21.6. The van der Waals surface area contributed by atoms with Gasteiger partial charge >= 0.3 is 5.97 Å². The van der Waals surface area contributed by atoms with Crippen molar-refractivity contribution in [1.82, 2.24) is 0 Å². The summed E-state index contributed by atoms with van der Waals surface area (Å²) in [4.78, 5) is 12.8. The van der Waals surface area contributed by atoms with E-state index in [9.17, 15) is 4.79 Å². The highest BCUT2D eigenvalue weighted by atomic mass is 35.5. The lowest BCUT2D eigenvalue weighted by Gasteiger charge is -2.30. The topological polar surface area (TPSA) is 26.3 Å². The predicted molar refractivity (Wildman–Crippen MR) is 87.3 cm³/mol. The zero-order chi connectivity index (χ0) is 15.4. The van der Waals surface area contributed by atoms with Gasteiger partial charge in [-0.15, -0.1) is 0 Å². The van der Waals surface area contributed by atoms with Crippen molar-refractivity contribution in [3.8, 4) is 0 Å². The van der Waals surface area contributed by atoms with E-state index in [-0.39, 0.29) is 24.3 Å². The highest BCUT2D eigenvalue weighted by molar-refractivity contribution is 5.78. The van der Waals surface area contributed by atoms with E-state index in [4.69, 9.17) is 4.74 Å². The van der Waals surface area contributed by atoms with Gasteiger partial charge in [-0.25, -0.2) is 0 Å². The lowest BCUT2D eigenvalue weighted by Crippen LogP contribution is -3.00. The Bertz CT molecular complexity index is 493. The van der Waals surface area contributed by atoms with Crippen LogP contribution in [0.4, 0.5) is 0 Å². The number of carbonyl (C=O) groups is 1. The molecule has 1 saturated heterocycles. The summed E-state index contributed by atoms with van der Waals surface area (Å²) in [5.74, 6) is 0.376. The summed E-state index contributed by atoms with van der Waals surface area (Å²) in [6.07, 6.45) is 7.29. The van der Waals surface area contributed by atoms with Gasteiger partial charge in [-0.1, -0.05) is 43.2 Å². The molecular weight excluding hydrogens is 310 g/mol. The maximum Gasteiger partial charge on any atom is 0.317 e. The lowest BCUT2D eigenvalue weighted by atomic mass is 9.85. The van der Waals surface area contributed by atoms with Gasteiger partial charge < -0.3 is 17.1 Å². The number of likely N-dealkylation sites (tertiary alicyclic amines) is 1. The molecule has 3 nitrogen and oxygen atoms in total. The maximum atomic E-state index is 12.8. The van der Waals surface area contributed by atoms with Gasteiger partial charge in [-0.3, -0.25) is 9.28 Å². The van der Waals surface area contributed by atoms with Crippen LogP contribution in [0, 0.1) is 5.92 Å². The summed E-state index contributed by atoms with van der Waals surface area (Å²) in [5.41, 5.74) is 1.13. The minimum atomic E-state index is -0.0714. The Labute approximate surface area is 146 Å². The van der Waals surface area contributed by atoms with E-state index in [0.717, 1.165) is 36.0 Å². The zero-order valence-electron chi connectivity index (χ0n) is 14.0. The van der Waals surface area contributed by atoms with Gasteiger partial charge in [0.15, 0.2) is 0 Å². The molecule has 0 aromatic heterocycles. The first kappa shape index (κ1) is 18.3. The van der Waals surface area contributed by atoms with Gasteiger partial charge in [0.1, 0.15) is 0 Å². The van der Waals surface area contributed by atoms with E-state index in [1.807, 2.05) is 18.2 Å². The van der Waals surface area contributed by atoms with Crippen LogP contribution in [0.2, 0.25) is 0 Å². The molecule has 1 aromatic carbocycles. The van der Waals surface area contributed by atoms with Crippen molar-refractivity contribution in [1.29, 1.82) is 0 Å². The van der Waals surface area contributed by atoms with E-state index in [0.29, 0.717) is 12.6 Å². The first-order chi connectivity index (χ1) is 10.7. The molecule has 1 heterocycles. The summed E-state index contributed by atoms with van der Waals surface area (Å²) >= 11 is 0. The fraction of sp³-hybridized carbons (Fsp3) is 0.632. The van der Waals surface area contributed by atoms with Gasteiger partial charge in [-0.05, 0) is 24.3 Å². The molecule has 1 unspecified atom stereocenters. The lowest BCUT2D eigenvalue weighted by molar-refractivity contribution is -0.914. The molecule has 2 fully saturated rings. The van der Waals surface area contributed by atoms with Crippen LogP contribution >= 0.6 is 0 Å². The van der Waals surface area contributed by atoms with Gasteiger partial charge in [0.25, 0.3) is 0 Å². The van der Waals surface area contributed by atoms with Gasteiger partial charge in [0, 0.05) is 12.8 Å². The number of ether oxygens (including phenoxy) is 1. The molecule has 0 N–H and O–H groups in total. The van der Waals surface area contributed by atoms with Crippen LogP contribution in [0.5, 0.6) is 0 Å². The second-order valence-electron chi connectivity index (χ2n) is 7.30. The Hall–Kier alpha value is -1.06. The number of quaternary nitrogens is 1. The van der Waals surface area contributed by atoms with E-state index in [1.54, 1.807) is 0 Å². The van der Waals surface area contributed by atoms with Crippen molar-refractivity contribution < 1.29 is 26.4 Å². The smallest absolute Gasteiger partial charge is 0.317 e. The molecule has 4 heteroatoms. The standard InChI is InChI=1S/C19H28NO2.ClH/c1-20(13-7-8-14-20)15-22-19(21)18(17-11-5-6-12-17)16-9-3-2-4-10-16;/h2-4,9-10,17-18H,5-8,11-15H2,1H3;1H/q+1;/p-1. The number of halogens is 1. The predicted octanol–water partition coefficient (Wildman–Crippen LogP) is 0.706. The average Bonchev–Trinajstić information content (AvgIpc) is 3.19. The summed E-state index contributed by atoms with van der Waals surface area (Å²) < 4.78 is 6.68. The summed E-state index contributed by atoms with van der Waals surface area (Å²) in [5, 5.41) is 0. The maximum absolute atomic E-state index is 12.8. The molecular formula is C19H28ClNO2. The van der Waals surface area contributed by atoms with Crippen LogP contribution in [-0.4, -0.2) is 37.3 Å². The van der Waals surface area contributed by atoms with Crippen molar-refractivity contribution in [3.63, 3.8) is 0 Å². The number of nitrogens with zero attached hydrogens (tertiary/aromatic N) is 1. The molecule has 1 aliphatic carbocycles. The third-order valence-electron chi connectivity index (χ3n) is 5.45. The van der Waals surface area contributed by atoms with E-state index in [2.05, 4.69) is 19.2 Å². The fourth-order valence-electron chi connectivity index (χ4n) is 4.09. The molecule has 23 heavy (non-hydrogen) atoms.